The number of aryl methyl sites for hydroxylation is 3. The van der Waals surface area contributed by atoms with Crippen molar-refractivity contribution in [3.63, 3.8) is 0 Å². The van der Waals surface area contributed by atoms with Gasteiger partial charge in [0.05, 0.1) is 18.3 Å². The van der Waals surface area contributed by atoms with Gasteiger partial charge in [-0.25, -0.2) is 0 Å². The fourth-order valence-electron chi connectivity index (χ4n) is 3.98. The molecule has 0 bridgehead atoms. The van der Waals surface area contributed by atoms with Crippen LogP contribution < -0.4 is 0 Å². The summed E-state index contributed by atoms with van der Waals surface area (Å²) >= 11 is 0. The van der Waals surface area contributed by atoms with Gasteiger partial charge in [0.25, 0.3) is 5.91 Å². The molecule has 1 saturated heterocycles. The summed E-state index contributed by atoms with van der Waals surface area (Å²) in [6.45, 7) is 5.68. The van der Waals surface area contributed by atoms with Crippen molar-refractivity contribution in [2.24, 2.45) is 0 Å². The van der Waals surface area contributed by atoms with E-state index in [2.05, 4.69) is 28.3 Å². The van der Waals surface area contributed by atoms with E-state index in [1.807, 2.05) is 16.5 Å². The second-order valence-corrected chi connectivity index (χ2v) is 6.79. The lowest BCUT2D eigenvalue weighted by atomic mass is 10.1. The van der Waals surface area contributed by atoms with Gasteiger partial charge in [-0.05, 0) is 52.0 Å². The van der Waals surface area contributed by atoms with Crippen LogP contribution in [0, 0.1) is 13.8 Å². The SMILES string of the molecule is Cc1cc(C)n(C[C@H]2CCCN2C(=O)c2n[nH]c3c2CCC3)n1. The van der Waals surface area contributed by atoms with Gasteiger partial charge in [0.2, 0.25) is 0 Å². The lowest BCUT2D eigenvalue weighted by Crippen LogP contribution is -2.39. The number of carbonyl (C=O) groups excluding carboxylic acids is 1. The summed E-state index contributed by atoms with van der Waals surface area (Å²) in [5.74, 6) is 0.0911. The average molecular weight is 313 g/mol. The summed E-state index contributed by atoms with van der Waals surface area (Å²) in [4.78, 5) is 15.0. The molecule has 1 fully saturated rings. The Labute approximate surface area is 135 Å². The predicted molar refractivity (Wildman–Crippen MR) is 86.4 cm³/mol. The minimum Gasteiger partial charge on any atom is -0.332 e. The molecule has 122 valence electrons. The van der Waals surface area contributed by atoms with Crippen molar-refractivity contribution in [1.29, 1.82) is 0 Å². The maximum atomic E-state index is 13.0. The van der Waals surface area contributed by atoms with Crippen molar-refractivity contribution < 1.29 is 4.79 Å². The van der Waals surface area contributed by atoms with Crippen LogP contribution in [0.2, 0.25) is 0 Å². The molecular formula is C17H23N5O. The molecule has 2 aliphatic rings. The average Bonchev–Trinajstić information content (AvgIpc) is 3.24. The quantitative estimate of drug-likeness (QED) is 0.942. The summed E-state index contributed by atoms with van der Waals surface area (Å²) in [6.07, 6.45) is 5.21. The smallest absolute Gasteiger partial charge is 0.274 e. The first-order valence-corrected chi connectivity index (χ1v) is 8.51. The third-order valence-corrected chi connectivity index (χ3v) is 5.13. The first-order chi connectivity index (χ1) is 11.1. The Balaban J connectivity index is 1.55. The number of aromatic amines is 1. The predicted octanol–water partition coefficient (Wildman–Crippen LogP) is 2.02. The van der Waals surface area contributed by atoms with Crippen LogP contribution >= 0.6 is 0 Å². The van der Waals surface area contributed by atoms with Crippen LogP contribution in [0.25, 0.3) is 0 Å². The van der Waals surface area contributed by atoms with Gasteiger partial charge in [-0.2, -0.15) is 10.2 Å². The Morgan fingerprint density at radius 1 is 1.35 bits per heavy atom. The van der Waals surface area contributed by atoms with Gasteiger partial charge in [0.1, 0.15) is 0 Å². The lowest BCUT2D eigenvalue weighted by Gasteiger charge is -2.24. The molecular weight excluding hydrogens is 290 g/mol. The van der Waals surface area contributed by atoms with E-state index in [1.165, 1.54) is 0 Å². The van der Waals surface area contributed by atoms with E-state index in [4.69, 9.17) is 0 Å². The first-order valence-electron chi connectivity index (χ1n) is 8.51. The van der Waals surface area contributed by atoms with Crippen molar-refractivity contribution in [3.05, 3.63) is 34.4 Å². The summed E-state index contributed by atoms with van der Waals surface area (Å²) < 4.78 is 2.03. The maximum Gasteiger partial charge on any atom is 0.274 e. The molecule has 3 heterocycles. The molecule has 23 heavy (non-hydrogen) atoms. The van der Waals surface area contributed by atoms with Crippen LogP contribution in [0.15, 0.2) is 6.07 Å². The highest BCUT2D eigenvalue weighted by Crippen LogP contribution is 2.27. The minimum atomic E-state index is 0.0911. The highest BCUT2D eigenvalue weighted by Gasteiger charge is 2.33. The van der Waals surface area contributed by atoms with Crippen molar-refractivity contribution in [2.45, 2.75) is 58.5 Å². The van der Waals surface area contributed by atoms with Crippen molar-refractivity contribution in [2.75, 3.05) is 6.54 Å². The number of carbonyl (C=O) groups is 1. The molecule has 2 aromatic heterocycles. The molecule has 0 saturated carbocycles. The van der Waals surface area contributed by atoms with Crippen LogP contribution in [-0.4, -0.2) is 43.4 Å². The maximum absolute atomic E-state index is 13.0. The number of aromatic nitrogens is 4. The minimum absolute atomic E-state index is 0.0911. The number of nitrogens with zero attached hydrogens (tertiary/aromatic N) is 4. The molecule has 1 aliphatic heterocycles. The first kappa shape index (κ1) is 14.5. The molecule has 0 radical (unpaired) electrons. The standard InChI is InChI=1S/C17H23N5O/c1-11-9-12(2)22(20-11)10-13-5-4-8-21(13)17(23)16-14-6-3-7-15(14)18-19-16/h9,13H,3-8,10H2,1-2H3,(H,18,19)/t13-/m1/s1. The number of likely N-dealkylation sites (tertiary alicyclic amines) is 1. The molecule has 0 unspecified atom stereocenters. The normalized spacial score (nSPS) is 20.3. The molecule has 2 aromatic rings. The number of fused-ring (bicyclic) bond motifs is 1. The Bertz CT molecular complexity index is 744. The number of H-pyrrole nitrogens is 1. The summed E-state index contributed by atoms with van der Waals surface area (Å²) in [7, 11) is 0. The number of hydrogen-bond acceptors (Lipinski definition) is 3. The lowest BCUT2D eigenvalue weighted by molar-refractivity contribution is 0.0714. The number of rotatable bonds is 3. The molecule has 1 N–H and O–H groups in total. The molecule has 6 heteroatoms. The molecule has 4 rings (SSSR count). The molecule has 0 aromatic carbocycles. The van der Waals surface area contributed by atoms with Crippen LogP contribution in [0.5, 0.6) is 0 Å². The zero-order chi connectivity index (χ0) is 16.0. The summed E-state index contributed by atoms with van der Waals surface area (Å²) in [5.41, 5.74) is 5.14. The van der Waals surface area contributed by atoms with Gasteiger partial charge in [-0.15, -0.1) is 0 Å². The third kappa shape index (κ3) is 2.46. The van der Waals surface area contributed by atoms with E-state index in [9.17, 15) is 4.79 Å². The van der Waals surface area contributed by atoms with Crippen LogP contribution in [0.3, 0.4) is 0 Å². The van der Waals surface area contributed by atoms with Gasteiger partial charge < -0.3 is 4.90 Å². The summed E-state index contributed by atoms with van der Waals surface area (Å²) in [5, 5.41) is 11.9. The van der Waals surface area contributed by atoms with E-state index < -0.39 is 0 Å². The number of amides is 1. The summed E-state index contributed by atoms with van der Waals surface area (Å²) in [6, 6.07) is 2.30. The van der Waals surface area contributed by atoms with Gasteiger partial charge in [0.15, 0.2) is 5.69 Å². The van der Waals surface area contributed by atoms with Crippen LogP contribution in [0.4, 0.5) is 0 Å². The van der Waals surface area contributed by atoms with E-state index in [1.54, 1.807) is 0 Å². The van der Waals surface area contributed by atoms with Gasteiger partial charge >= 0.3 is 0 Å². The molecule has 6 nitrogen and oxygen atoms in total. The highest BCUT2D eigenvalue weighted by molar-refractivity contribution is 5.94. The number of hydrogen-bond donors (Lipinski definition) is 1. The third-order valence-electron chi connectivity index (χ3n) is 5.13. The zero-order valence-corrected chi connectivity index (χ0v) is 13.8. The van der Waals surface area contributed by atoms with Crippen molar-refractivity contribution in [1.82, 2.24) is 24.9 Å². The van der Waals surface area contributed by atoms with Crippen molar-refractivity contribution in [3.8, 4) is 0 Å². The topological polar surface area (TPSA) is 66.8 Å². The van der Waals surface area contributed by atoms with E-state index in [0.717, 1.165) is 67.8 Å². The second-order valence-electron chi connectivity index (χ2n) is 6.79. The van der Waals surface area contributed by atoms with E-state index >= 15 is 0 Å². The van der Waals surface area contributed by atoms with Crippen LogP contribution in [-0.2, 0) is 19.4 Å². The van der Waals surface area contributed by atoms with Crippen LogP contribution in [0.1, 0.15) is 52.4 Å². The molecule has 0 spiro atoms. The second kappa shape index (κ2) is 5.51. The Morgan fingerprint density at radius 3 is 3.00 bits per heavy atom. The highest BCUT2D eigenvalue weighted by atomic mass is 16.2. The fourth-order valence-corrected chi connectivity index (χ4v) is 3.98. The number of nitrogens with one attached hydrogen (secondary N) is 1. The monoisotopic (exact) mass is 313 g/mol. The van der Waals surface area contributed by atoms with E-state index in [0.29, 0.717) is 5.69 Å². The Hall–Kier alpha value is -2.11. The fraction of sp³-hybridized carbons (Fsp3) is 0.588. The Kier molecular flexibility index (Phi) is 3.47. The zero-order valence-electron chi connectivity index (χ0n) is 13.8. The molecule has 1 atom stereocenters. The molecule has 1 amide bonds. The van der Waals surface area contributed by atoms with Gasteiger partial charge in [-0.3, -0.25) is 14.6 Å². The Morgan fingerprint density at radius 2 is 2.22 bits per heavy atom. The van der Waals surface area contributed by atoms with Gasteiger partial charge in [-0.1, -0.05) is 0 Å². The van der Waals surface area contributed by atoms with Crippen molar-refractivity contribution >= 4 is 5.91 Å². The molecule has 1 aliphatic carbocycles. The van der Waals surface area contributed by atoms with E-state index in [-0.39, 0.29) is 11.9 Å². The largest absolute Gasteiger partial charge is 0.332 e. The van der Waals surface area contributed by atoms with Gasteiger partial charge in [0, 0.05) is 23.5 Å².